The summed E-state index contributed by atoms with van der Waals surface area (Å²) in [5, 5.41) is 21.7. The van der Waals surface area contributed by atoms with E-state index < -0.39 is 23.4 Å². The summed E-state index contributed by atoms with van der Waals surface area (Å²) < 4.78 is 10.3. The topological polar surface area (TPSA) is 121 Å². The highest BCUT2D eigenvalue weighted by atomic mass is 16.6. The van der Waals surface area contributed by atoms with Gasteiger partial charge in [-0.15, -0.1) is 0 Å². The molecule has 0 rings (SSSR count). The highest BCUT2D eigenvalue weighted by molar-refractivity contribution is 5.68. The van der Waals surface area contributed by atoms with Gasteiger partial charge in [0.25, 0.3) is 0 Å². The number of amides is 2. The van der Waals surface area contributed by atoms with Crippen molar-refractivity contribution in [3.8, 4) is 0 Å². The molecule has 0 aromatic heterocycles. The van der Waals surface area contributed by atoms with Gasteiger partial charge in [0.15, 0.2) is 0 Å². The second kappa shape index (κ2) is 14.4. The molecule has 9 heteroatoms. The van der Waals surface area contributed by atoms with E-state index in [-0.39, 0.29) is 12.6 Å². The van der Waals surface area contributed by atoms with Crippen LogP contribution in [0.15, 0.2) is 0 Å². The van der Waals surface area contributed by atoms with E-state index in [2.05, 4.69) is 28.2 Å². The molecular formula is C21H44N4O5. The monoisotopic (exact) mass is 432 g/mol. The maximum Gasteiger partial charge on any atom is 0.407 e. The van der Waals surface area contributed by atoms with Crippen molar-refractivity contribution in [1.29, 1.82) is 0 Å². The second-order valence-corrected chi connectivity index (χ2v) is 9.64. The quantitative estimate of drug-likeness (QED) is 0.282. The lowest BCUT2D eigenvalue weighted by atomic mass is 10.2. The highest BCUT2D eigenvalue weighted by Gasteiger charge is 2.17. The van der Waals surface area contributed by atoms with E-state index in [0.717, 1.165) is 32.5 Å². The van der Waals surface area contributed by atoms with Crippen LogP contribution in [0.1, 0.15) is 61.3 Å². The van der Waals surface area contributed by atoms with Crippen molar-refractivity contribution in [2.75, 3.05) is 39.3 Å². The minimum Gasteiger partial charge on any atom is -0.444 e. The molecule has 9 nitrogen and oxygen atoms in total. The summed E-state index contributed by atoms with van der Waals surface area (Å²) in [5.41, 5.74) is -1.03. The van der Waals surface area contributed by atoms with Crippen molar-refractivity contribution in [1.82, 2.24) is 21.3 Å². The van der Waals surface area contributed by atoms with Gasteiger partial charge in [-0.2, -0.15) is 0 Å². The Hall–Kier alpha value is -1.58. The third-order valence-corrected chi connectivity index (χ3v) is 3.70. The summed E-state index contributed by atoms with van der Waals surface area (Å²) in [5.74, 6) is 0.309. The molecule has 5 N–H and O–H groups in total. The smallest absolute Gasteiger partial charge is 0.407 e. The molecule has 0 aliphatic carbocycles. The second-order valence-electron chi connectivity index (χ2n) is 9.64. The van der Waals surface area contributed by atoms with Crippen molar-refractivity contribution < 1.29 is 24.2 Å². The van der Waals surface area contributed by atoms with Crippen LogP contribution in [0, 0.1) is 5.92 Å². The summed E-state index contributed by atoms with van der Waals surface area (Å²) in [6.45, 7) is 16.6. The summed E-state index contributed by atoms with van der Waals surface area (Å²) in [4.78, 5) is 23.1. The van der Waals surface area contributed by atoms with Crippen molar-refractivity contribution in [2.45, 2.75) is 78.6 Å². The first kappa shape index (κ1) is 28.4. The number of ether oxygens (including phenoxy) is 2. The van der Waals surface area contributed by atoms with E-state index in [9.17, 15) is 14.7 Å². The lowest BCUT2D eigenvalue weighted by Gasteiger charge is -2.21. The van der Waals surface area contributed by atoms with Gasteiger partial charge in [-0.25, -0.2) is 9.59 Å². The number of hydrogen-bond acceptors (Lipinski definition) is 7. The zero-order valence-corrected chi connectivity index (χ0v) is 19.9. The first-order chi connectivity index (χ1) is 13.8. The summed E-state index contributed by atoms with van der Waals surface area (Å²) in [7, 11) is 0. The summed E-state index contributed by atoms with van der Waals surface area (Å²) in [6.07, 6.45) is 0.413. The highest BCUT2D eigenvalue weighted by Crippen LogP contribution is 2.07. The van der Waals surface area contributed by atoms with Gasteiger partial charge in [-0.3, -0.25) is 0 Å². The average Bonchev–Trinajstić information content (AvgIpc) is 2.57. The molecule has 0 aromatic rings. The first-order valence-corrected chi connectivity index (χ1v) is 10.8. The van der Waals surface area contributed by atoms with Crippen molar-refractivity contribution in [3.05, 3.63) is 0 Å². The summed E-state index contributed by atoms with van der Waals surface area (Å²) in [6, 6.07) is 0. The van der Waals surface area contributed by atoms with Crippen LogP contribution >= 0.6 is 0 Å². The minimum atomic E-state index is -0.658. The molecule has 30 heavy (non-hydrogen) atoms. The molecule has 0 spiro atoms. The van der Waals surface area contributed by atoms with Crippen LogP contribution in [0.4, 0.5) is 9.59 Å². The maximum atomic E-state index is 11.6. The number of rotatable bonds is 13. The maximum absolute atomic E-state index is 11.6. The van der Waals surface area contributed by atoms with Gasteiger partial charge in [0.2, 0.25) is 0 Å². The Bertz CT molecular complexity index is 445. The van der Waals surface area contributed by atoms with E-state index in [4.69, 9.17) is 9.47 Å². The number of aliphatic hydroxyl groups is 1. The van der Waals surface area contributed by atoms with E-state index >= 15 is 0 Å². The molecule has 0 aromatic carbocycles. The molecule has 0 bridgehead atoms. The number of alkyl carbamates (subject to hydrolysis) is 2. The lowest BCUT2D eigenvalue weighted by Crippen LogP contribution is -2.40. The normalized spacial score (nSPS) is 14.0. The molecule has 178 valence electrons. The number of unbranched alkanes of at least 4 members (excludes halogenated alkanes) is 1. The van der Waals surface area contributed by atoms with Gasteiger partial charge in [-0.05, 0) is 79.9 Å². The Morgan fingerprint density at radius 1 is 0.767 bits per heavy atom. The van der Waals surface area contributed by atoms with Crippen LogP contribution in [0.25, 0.3) is 0 Å². The fourth-order valence-corrected chi connectivity index (χ4v) is 2.35. The third kappa shape index (κ3) is 19.7. The van der Waals surface area contributed by atoms with Gasteiger partial charge in [-0.1, -0.05) is 6.92 Å². The summed E-state index contributed by atoms with van der Waals surface area (Å²) >= 11 is 0. The molecule has 0 saturated heterocycles. The minimum absolute atomic E-state index is 0.151. The zero-order valence-electron chi connectivity index (χ0n) is 19.9. The van der Waals surface area contributed by atoms with Crippen molar-refractivity contribution in [3.63, 3.8) is 0 Å². The van der Waals surface area contributed by atoms with Crippen LogP contribution in [0.3, 0.4) is 0 Å². The van der Waals surface area contributed by atoms with E-state index in [1.807, 2.05) is 20.8 Å². The first-order valence-electron chi connectivity index (χ1n) is 10.8. The van der Waals surface area contributed by atoms with Crippen LogP contribution in [0.2, 0.25) is 0 Å². The Balaban J connectivity index is 3.56. The number of carbonyl (C=O) groups is 2. The molecule has 2 unspecified atom stereocenters. The van der Waals surface area contributed by atoms with Crippen LogP contribution in [-0.2, 0) is 9.47 Å². The molecule has 2 atom stereocenters. The fourth-order valence-electron chi connectivity index (χ4n) is 2.35. The third-order valence-electron chi connectivity index (χ3n) is 3.70. The Morgan fingerprint density at radius 3 is 1.67 bits per heavy atom. The number of hydrogen-bond donors (Lipinski definition) is 5. The van der Waals surface area contributed by atoms with Gasteiger partial charge in [0.1, 0.15) is 11.2 Å². The Kier molecular flexibility index (Phi) is 13.7. The Labute approximate surface area is 182 Å². The van der Waals surface area contributed by atoms with Gasteiger partial charge in [0.05, 0.1) is 6.10 Å². The largest absolute Gasteiger partial charge is 0.444 e. The molecule has 0 aliphatic rings. The molecule has 2 amide bonds. The van der Waals surface area contributed by atoms with Gasteiger partial charge in [0, 0.05) is 19.6 Å². The predicted octanol–water partition coefficient (Wildman–Crippen LogP) is 1.99. The SMILES string of the molecule is CC(CNCCCCNCC(O)CNC(=O)OC(C)(C)C)CNC(=O)OC(C)(C)C. The molecular weight excluding hydrogens is 388 g/mol. The predicted molar refractivity (Wildman–Crippen MR) is 119 cm³/mol. The van der Waals surface area contributed by atoms with Crippen LogP contribution in [0.5, 0.6) is 0 Å². The number of carbonyl (C=O) groups excluding carboxylic acids is 2. The van der Waals surface area contributed by atoms with E-state index in [1.165, 1.54) is 0 Å². The van der Waals surface area contributed by atoms with Gasteiger partial charge < -0.3 is 35.8 Å². The van der Waals surface area contributed by atoms with Crippen molar-refractivity contribution >= 4 is 12.2 Å². The van der Waals surface area contributed by atoms with E-state index in [0.29, 0.717) is 19.0 Å². The van der Waals surface area contributed by atoms with Gasteiger partial charge >= 0.3 is 12.2 Å². The number of nitrogens with one attached hydrogen (secondary N) is 4. The van der Waals surface area contributed by atoms with Crippen LogP contribution in [-0.4, -0.2) is 73.9 Å². The lowest BCUT2D eigenvalue weighted by molar-refractivity contribution is 0.0488. The Morgan fingerprint density at radius 2 is 1.20 bits per heavy atom. The van der Waals surface area contributed by atoms with E-state index in [1.54, 1.807) is 20.8 Å². The molecule has 0 aliphatic heterocycles. The zero-order chi connectivity index (χ0) is 23.2. The molecule has 0 heterocycles. The molecule has 0 saturated carbocycles. The average molecular weight is 433 g/mol. The molecule has 0 radical (unpaired) electrons. The molecule has 0 fully saturated rings. The van der Waals surface area contributed by atoms with Crippen LogP contribution < -0.4 is 21.3 Å². The van der Waals surface area contributed by atoms with Crippen molar-refractivity contribution in [2.24, 2.45) is 5.92 Å². The number of aliphatic hydroxyl groups excluding tert-OH is 1. The standard InChI is InChI=1S/C21H44N4O5/c1-16(13-24-18(27)29-20(2,3)4)12-22-10-8-9-11-23-14-17(26)15-25-19(28)30-21(5,6)7/h16-17,22-23,26H,8-15H2,1-7H3,(H,24,27)(H,25,28). The fraction of sp³-hybridized carbons (Fsp3) is 0.905.